The van der Waals surface area contributed by atoms with Crippen LogP contribution < -0.4 is 89.0 Å². The minimum Gasteiger partial charge on any atom is -0.876 e. The van der Waals surface area contributed by atoms with Gasteiger partial charge in [-0.2, -0.15) is 0 Å². The molecule has 0 aliphatic carbocycles. The van der Waals surface area contributed by atoms with Gasteiger partial charge in [0.1, 0.15) is 0 Å². The maximum atomic E-state index is 10.1. The van der Waals surface area contributed by atoms with Gasteiger partial charge >= 0.3 is 0 Å². The van der Waals surface area contributed by atoms with Crippen LogP contribution in [0.5, 0.6) is 0 Å². The van der Waals surface area contributed by atoms with E-state index in [1.165, 1.54) is 6.92 Å². The van der Waals surface area contributed by atoms with Gasteiger partial charge in [0.05, 0.1) is 15.6 Å². The van der Waals surface area contributed by atoms with Crippen LogP contribution in [0.4, 0.5) is 0 Å². The zero-order valence-corrected chi connectivity index (χ0v) is 19.5. The number of phosphoric acid groups is 3. The average Bonchev–Trinajstić information content (AvgIpc) is 1.93. The first-order valence-corrected chi connectivity index (χ1v) is 8.25. The van der Waals surface area contributed by atoms with Gasteiger partial charge in [-0.1, -0.05) is 13.3 Å². The fourth-order valence-electron chi connectivity index (χ4n) is 0.260. The van der Waals surface area contributed by atoms with Crippen molar-refractivity contribution in [1.82, 2.24) is 49.2 Å². The number of hydrogen-bond donors (Lipinski definition) is 8. The third-order valence-corrected chi connectivity index (χ3v) is 4.03. The first kappa shape index (κ1) is 63.2. The summed E-state index contributed by atoms with van der Waals surface area (Å²) in [5.74, 6) is -3.21. The van der Waals surface area contributed by atoms with Crippen LogP contribution in [0.3, 0.4) is 0 Å². The third kappa shape index (κ3) is 66.6. The van der Waals surface area contributed by atoms with E-state index in [0.717, 1.165) is 0 Å². The molecular formula is C3H37N8O13P3. The SMILES string of the molecule is CCC([O-])([O-])[O-].O=P([O-])([O-])OP(=O)([O-])OP(=O)([O-])[O-].[NH4+].[NH4+].[NH4+].[NH4+].[NH4+].[NH4+].[NH4+].[NH4+]. The van der Waals surface area contributed by atoms with Gasteiger partial charge in [-0.3, -0.25) is 13.2 Å². The second-order valence-corrected chi connectivity index (χ2v) is 6.53. The number of quaternary nitrogens is 8. The maximum Gasteiger partial charge on any atom is 0.275 e. The van der Waals surface area contributed by atoms with E-state index in [4.69, 9.17) is 0 Å². The van der Waals surface area contributed by atoms with E-state index in [2.05, 4.69) is 8.62 Å². The molecule has 0 unspecified atom stereocenters. The zero-order valence-electron chi connectivity index (χ0n) is 16.9. The Bertz CT molecular complexity index is 392. The van der Waals surface area contributed by atoms with Crippen LogP contribution in [0, 0.1) is 0 Å². The van der Waals surface area contributed by atoms with Crippen molar-refractivity contribution in [3.8, 4) is 0 Å². The Morgan fingerprint density at radius 2 is 0.778 bits per heavy atom. The minimum absolute atomic E-state index is 0. The molecule has 182 valence electrons. The van der Waals surface area contributed by atoms with E-state index in [9.17, 15) is 53.5 Å². The molecule has 0 rings (SSSR count). The second kappa shape index (κ2) is 22.3. The maximum absolute atomic E-state index is 10.1. The van der Waals surface area contributed by atoms with Crippen molar-refractivity contribution in [2.75, 3.05) is 0 Å². The van der Waals surface area contributed by atoms with Crippen LogP contribution in [-0.4, -0.2) is 5.97 Å². The van der Waals surface area contributed by atoms with Crippen LogP contribution in [0.15, 0.2) is 0 Å². The molecule has 21 nitrogen and oxygen atoms in total. The van der Waals surface area contributed by atoms with Gasteiger partial charge in [-0.25, -0.2) is 0 Å². The highest BCUT2D eigenvalue weighted by molar-refractivity contribution is 7.64. The van der Waals surface area contributed by atoms with Gasteiger partial charge in [0.2, 0.25) is 0 Å². The molecule has 0 amide bonds. The molecule has 0 atom stereocenters. The molecule has 0 bridgehead atoms. The molecule has 0 spiro atoms. The molecule has 0 heterocycles. The summed E-state index contributed by atoms with van der Waals surface area (Å²) in [6.45, 7) is 1.27. The largest absolute Gasteiger partial charge is 0.876 e. The van der Waals surface area contributed by atoms with Gasteiger partial charge in [0.25, 0.3) is 7.82 Å². The van der Waals surface area contributed by atoms with Crippen molar-refractivity contribution < 1.29 is 62.1 Å². The Hall–Kier alpha value is -0.0300. The highest BCUT2D eigenvalue weighted by Crippen LogP contribution is 2.57. The molecule has 0 aromatic heterocycles. The van der Waals surface area contributed by atoms with Gasteiger partial charge in [-0.15, -0.1) is 0 Å². The molecule has 24 heteroatoms. The molecule has 0 saturated heterocycles. The van der Waals surface area contributed by atoms with Crippen LogP contribution in [-0.2, 0) is 22.3 Å². The summed E-state index contributed by atoms with van der Waals surface area (Å²) < 4.78 is 34.7. The quantitative estimate of drug-likeness (QED) is 0.137. The average molecular weight is 486 g/mol. The molecule has 0 aliphatic heterocycles. The fourth-order valence-corrected chi connectivity index (χ4v) is 2.61. The monoisotopic (exact) mass is 486 g/mol. The molecule has 27 heavy (non-hydrogen) atoms. The number of rotatable bonds is 5. The Morgan fingerprint density at radius 3 is 0.852 bits per heavy atom. The van der Waals surface area contributed by atoms with Gasteiger partial charge in [0.15, 0.2) is 0 Å². The molecule has 0 aromatic carbocycles. The first-order valence-electron chi connectivity index (χ1n) is 3.86. The summed E-state index contributed by atoms with van der Waals surface area (Å²) in [5.41, 5.74) is 0. The fraction of sp³-hybridized carbons (Fsp3) is 1.00. The normalized spacial score (nSPS) is 9.67. The van der Waals surface area contributed by atoms with Crippen molar-refractivity contribution in [3.05, 3.63) is 0 Å². The lowest BCUT2D eigenvalue weighted by molar-refractivity contribution is -0.903. The van der Waals surface area contributed by atoms with Crippen molar-refractivity contribution in [2.24, 2.45) is 0 Å². The van der Waals surface area contributed by atoms with E-state index in [1.807, 2.05) is 0 Å². The van der Waals surface area contributed by atoms with Crippen LogP contribution in [0.25, 0.3) is 0 Å². The Kier molecular flexibility index (Phi) is 52.1. The molecule has 0 aromatic rings. The standard InChI is InChI=1S/C3H5O3.8H3N.H5O10P3/c1-2-3(4,5)6;;;;;;;;;1-11(2,3)9-13(7,8)10-12(4,5)6/h2H2,1H3;8*1H3;(H,7,8)(H2,1,2,3)(H2,4,5,6)/q-3;;;;;;;;;/p+3. The van der Waals surface area contributed by atoms with Gasteiger partial charge in [-0.05, 0) is 0 Å². The Balaban J connectivity index is -0.0000000233. The zero-order chi connectivity index (χ0) is 16.1. The molecule has 32 N–H and O–H groups in total. The van der Waals surface area contributed by atoms with Crippen molar-refractivity contribution in [1.29, 1.82) is 0 Å². The minimum atomic E-state index is -5.97. The summed E-state index contributed by atoms with van der Waals surface area (Å²) in [5, 5.41) is 28.1. The molecular weight excluding hydrogens is 449 g/mol. The highest BCUT2D eigenvalue weighted by atomic mass is 31.3. The lowest BCUT2D eigenvalue weighted by atomic mass is 10.4. The topological polar surface area (TPSA) is 546 Å². The molecule has 0 radical (unpaired) electrons. The van der Waals surface area contributed by atoms with E-state index >= 15 is 0 Å². The van der Waals surface area contributed by atoms with Crippen LogP contribution in [0.1, 0.15) is 13.3 Å². The highest BCUT2D eigenvalue weighted by Gasteiger charge is 2.13. The summed E-state index contributed by atoms with van der Waals surface area (Å²) in [6.07, 6.45) is -0.396. The molecule has 0 saturated carbocycles. The van der Waals surface area contributed by atoms with Crippen LogP contribution in [0.2, 0.25) is 0 Å². The van der Waals surface area contributed by atoms with Gasteiger partial charge in [0, 0.05) is 0 Å². The van der Waals surface area contributed by atoms with Gasteiger partial charge < -0.3 is 104 Å². The second-order valence-electron chi connectivity index (χ2n) is 2.54. The summed E-state index contributed by atoms with van der Waals surface area (Å²) in [6, 6.07) is 0. The van der Waals surface area contributed by atoms with Crippen molar-refractivity contribution in [2.45, 2.75) is 19.3 Å². The molecule has 0 aliphatic rings. The Morgan fingerprint density at radius 1 is 0.630 bits per heavy atom. The molecule has 0 fully saturated rings. The summed E-state index contributed by atoms with van der Waals surface area (Å²) in [4.78, 5) is 48.6. The third-order valence-electron chi connectivity index (χ3n) is 0.833. The lowest BCUT2D eigenvalue weighted by Gasteiger charge is -2.57. The van der Waals surface area contributed by atoms with Crippen molar-refractivity contribution >= 4 is 23.5 Å². The first-order chi connectivity index (χ1) is 7.97. The predicted molar refractivity (Wildman–Crippen MR) is 85.9 cm³/mol. The predicted octanol–water partition coefficient (Wildman–Crippen LogP) is -3.71. The van der Waals surface area contributed by atoms with Crippen molar-refractivity contribution in [3.63, 3.8) is 0 Å². The Labute approximate surface area is 155 Å². The summed E-state index contributed by atoms with van der Waals surface area (Å²) in [7, 11) is -17.9. The smallest absolute Gasteiger partial charge is 0.275 e. The van der Waals surface area contributed by atoms with E-state index < -0.39 is 35.9 Å². The number of hydrogen-bond acceptors (Lipinski definition) is 13. The lowest BCUT2D eigenvalue weighted by Crippen LogP contribution is -2.66. The van der Waals surface area contributed by atoms with Crippen LogP contribution >= 0.6 is 23.5 Å². The van der Waals surface area contributed by atoms with E-state index in [1.54, 1.807) is 0 Å². The van der Waals surface area contributed by atoms with E-state index in [-0.39, 0.29) is 49.2 Å². The van der Waals surface area contributed by atoms with E-state index in [0.29, 0.717) is 0 Å². The summed E-state index contributed by atoms with van der Waals surface area (Å²) >= 11 is 0.